The number of hydrogen-bond donors (Lipinski definition) is 1. The summed E-state index contributed by atoms with van der Waals surface area (Å²) >= 11 is 1.30. The minimum atomic E-state index is -4.51. The Morgan fingerprint density at radius 3 is 2.81 bits per heavy atom. The summed E-state index contributed by atoms with van der Waals surface area (Å²) in [5.74, 6) is 0.623. The second kappa shape index (κ2) is 6.24. The van der Waals surface area contributed by atoms with Crippen molar-refractivity contribution in [3.05, 3.63) is 52.7 Å². The molecule has 1 aliphatic rings. The third kappa shape index (κ3) is 3.34. The van der Waals surface area contributed by atoms with Gasteiger partial charge in [0.2, 0.25) is 0 Å². The Morgan fingerprint density at radius 1 is 1.27 bits per heavy atom. The maximum atomic E-state index is 12.8. The second-order valence-electron chi connectivity index (χ2n) is 5.93. The normalized spacial score (nSPS) is 14.4. The van der Waals surface area contributed by atoms with Crippen LogP contribution >= 0.6 is 11.3 Å². The van der Waals surface area contributed by atoms with E-state index >= 15 is 0 Å². The zero-order chi connectivity index (χ0) is 18.3. The molecule has 0 radical (unpaired) electrons. The topological polar surface area (TPSA) is 68.0 Å². The van der Waals surface area contributed by atoms with Gasteiger partial charge < -0.3 is 9.84 Å². The van der Waals surface area contributed by atoms with Gasteiger partial charge in [0.1, 0.15) is 4.88 Å². The maximum absolute atomic E-state index is 12.8. The van der Waals surface area contributed by atoms with Crippen LogP contribution in [0.25, 0.3) is 10.8 Å². The number of rotatable bonds is 4. The van der Waals surface area contributed by atoms with E-state index < -0.39 is 17.6 Å². The SMILES string of the molecule is O=C(Nc1ccsc1-c1nc(C2CC2)no1)c1cccc(C(F)(F)F)c1. The van der Waals surface area contributed by atoms with Gasteiger partial charge in [0.15, 0.2) is 5.82 Å². The quantitative estimate of drug-likeness (QED) is 0.697. The van der Waals surface area contributed by atoms with Crippen molar-refractivity contribution in [1.29, 1.82) is 0 Å². The first-order chi connectivity index (χ1) is 12.4. The van der Waals surface area contributed by atoms with Crippen LogP contribution in [0.15, 0.2) is 40.2 Å². The molecule has 134 valence electrons. The van der Waals surface area contributed by atoms with Crippen LogP contribution in [-0.2, 0) is 6.18 Å². The molecule has 0 atom stereocenters. The fourth-order valence-electron chi connectivity index (χ4n) is 2.44. The number of anilines is 1. The molecule has 1 N–H and O–H groups in total. The lowest BCUT2D eigenvalue weighted by Gasteiger charge is -2.09. The van der Waals surface area contributed by atoms with Gasteiger partial charge in [0.05, 0.1) is 11.3 Å². The van der Waals surface area contributed by atoms with E-state index in [1.54, 1.807) is 11.4 Å². The molecule has 1 aliphatic carbocycles. The number of amides is 1. The van der Waals surface area contributed by atoms with Crippen LogP contribution in [0.5, 0.6) is 0 Å². The number of benzene rings is 1. The lowest BCUT2D eigenvalue weighted by molar-refractivity contribution is -0.137. The number of alkyl halides is 3. The lowest BCUT2D eigenvalue weighted by Crippen LogP contribution is -2.14. The average Bonchev–Trinajstić information content (AvgIpc) is 3.16. The van der Waals surface area contributed by atoms with Crippen LogP contribution in [0.4, 0.5) is 18.9 Å². The van der Waals surface area contributed by atoms with Crippen LogP contribution in [0.1, 0.15) is 40.5 Å². The predicted octanol–water partition coefficient (Wildman–Crippen LogP) is 4.95. The molecule has 3 aromatic rings. The minimum absolute atomic E-state index is 0.0822. The molecule has 2 aromatic heterocycles. The molecule has 2 heterocycles. The van der Waals surface area contributed by atoms with Gasteiger partial charge in [-0.2, -0.15) is 18.2 Å². The molecule has 1 saturated carbocycles. The number of aromatic nitrogens is 2. The molecular formula is C17H12F3N3O2S. The molecule has 0 spiro atoms. The first-order valence-electron chi connectivity index (χ1n) is 7.82. The molecule has 1 aromatic carbocycles. The molecule has 0 saturated heterocycles. The van der Waals surface area contributed by atoms with Gasteiger partial charge in [-0.05, 0) is 42.5 Å². The lowest BCUT2D eigenvalue weighted by atomic mass is 10.1. The minimum Gasteiger partial charge on any atom is -0.333 e. The molecule has 5 nitrogen and oxygen atoms in total. The molecule has 4 rings (SSSR count). The van der Waals surface area contributed by atoms with E-state index in [1.807, 2.05) is 0 Å². The highest BCUT2D eigenvalue weighted by Gasteiger charge is 2.31. The molecule has 9 heteroatoms. The summed E-state index contributed by atoms with van der Waals surface area (Å²) < 4.78 is 43.7. The Morgan fingerprint density at radius 2 is 2.08 bits per heavy atom. The Balaban J connectivity index is 1.56. The van der Waals surface area contributed by atoms with Crippen molar-refractivity contribution in [3.63, 3.8) is 0 Å². The van der Waals surface area contributed by atoms with Crippen molar-refractivity contribution in [1.82, 2.24) is 10.1 Å². The maximum Gasteiger partial charge on any atom is 0.416 e. The van der Waals surface area contributed by atoms with E-state index in [0.29, 0.717) is 28.2 Å². The Hall–Kier alpha value is -2.68. The van der Waals surface area contributed by atoms with E-state index in [-0.39, 0.29) is 5.56 Å². The average molecular weight is 379 g/mol. The van der Waals surface area contributed by atoms with Crippen LogP contribution in [0.3, 0.4) is 0 Å². The second-order valence-corrected chi connectivity index (χ2v) is 6.84. The summed E-state index contributed by atoms with van der Waals surface area (Å²) in [6, 6.07) is 5.91. The molecule has 0 aliphatic heterocycles. The van der Waals surface area contributed by atoms with Gasteiger partial charge >= 0.3 is 6.18 Å². The Labute approximate surface area is 149 Å². The number of nitrogens with zero attached hydrogens (tertiary/aromatic N) is 2. The van der Waals surface area contributed by atoms with Crippen LogP contribution in [0, 0.1) is 0 Å². The van der Waals surface area contributed by atoms with Crippen LogP contribution in [0.2, 0.25) is 0 Å². The monoisotopic (exact) mass is 379 g/mol. The molecule has 26 heavy (non-hydrogen) atoms. The molecule has 1 amide bonds. The highest BCUT2D eigenvalue weighted by atomic mass is 32.1. The van der Waals surface area contributed by atoms with Gasteiger partial charge in [0.25, 0.3) is 11.8 Å². The highest BCUT2D eigenvalue weighted by Crippen LogP contribution is 2.40. The fourth-order valence-corrected chi connectivity index (χ4v) is 3.21. The number of halogens is 3. The molecular weight excluding hydrogens is 367 g/mol. The number of nitrogens with one attached hydrogen (secondary N) is 1. The molecule has 0 bridgehead atoms. The summed E-state index contributed by atoms with van der Waals surface area (Å²) in [6.07, 6.45) is -2.45. The standard InChI is InChI=1S/C17H12F3N3O2S/c18-17(19,20)11-3-1-2-10(8-11)15(24)21-12-6-7-26-13(12)16-22-14(23-25-16)9-4-5-9/h1-3,6-9H,4-5H2,(H,21,24). The van der Waals surface area contributed by atoms with E-state index in [9.17, 15) is 18.0 Å². The highest BCUT2D eigenvalue weighted by molar-refractivity contribution is 7.14. The summed E-state index contributed by atoms with van der Waals surface area (Å²) in [6.45, 7) is 0. The first kappa shape index (κ1) is 16.8. The Bertz CT molecular complexity index is 960. The van der Waals surface area contributed by atoms with Crippen molar-refractivity contribution >= 4 is 22.9 Å². The van der Waals surface area contributed by atoms with Crippen molar-refractivity contribution in [2.24, 2.45) is 0 Å². The van der Waals surface area contributed by atoms with E-state index in [1.165, 1.54) is 23.5 Å². The van der Waals surface area contributed by atoms with Gasteiger partial charge in [-0.15, -0.1) is 11.3 Å². The summed E-state index contributed by atoms with van der Waals surface area (Å²) in [7, 11) is 0. The fraction of sp³-hybridized carbons (Fsp3) is 0.235. The van der Waals surface area contributed by atoms with Crippen molar-refractivity contribution < 1.29 is 22.5 Å². The van der Waals surface area contributed by atoms with Gasteiger partial charge in [-0.25, -0.2) is 0 Å². The number of carbonyl (C=O) groups is 1. The number of hydrogen-bond acceptors (Lipinski definition) is 5. The summed E-state index contributed by atoms with van der Waals surface area (Å²) in [5.41, 5.74) is -0.536. The third-order valence-electron chi connectivity index (χ3n) is 3.94. The first-order valence-corrected chi connectivity index (χ1v) is 8.70. The largest absolute Gasteiger partial charge is 0.416 e. The van der Waals surface area contributed by atoms with Gasteiger partial charge in [0, 0.05) is 11.5 Å². The van der Waals surface area contributed by atoms with E-state index in [4.69, 9.17) is 4.52 Å². The van der Waals surface area contributed by atoms with Crippen LogP contribution in [-0.4, -0.2) is 16.0 Å². The number of carbonyl (C=O) groups excluding carboxylic acids is 1. The third-order valence-corrected chi connectivity index (χ3v) is 4.85. The van der Waals surface area contributed by atoms with Crippen molar-refractivity contribution in [3.8, 4) is 10.8 Å². The number of thiophene rings is 1. The van der Waals surface area contributed by atoms with Crippen molar-refractivity contribution in [2.75, 3.05) is 5.32 Å². The summed E-state index contributed by atoms with van der Waals surface area (Å²) in [5, 5.41) is 8.28. The Kier molecular flexibility index (Phi) is 4.03. The smallest absolute Gasteiger partial charge is 0.333 e. The van der Waals surface area contributed by atoms with Crippen LogP contribution < -0.4 is 5.32 Å². The predicted molar refractivity (Wildman–Crippen MR) is 89.0 cm³/mol. The van der Waals surface area contributed by atoms with Gasteiger partial charge in [-0.1, -0.05) is 11.2 Å². The van der Waals surface area contributed by atoms with E-state index in [0.717, 1.165) is 25.0 Å². The van der Waals surface area contributed by atoms with E-state index in [2.05, 4.69) is 15.5 Å². The molecule has 1 fully saturated rings. The zero-order valence-electron chi connectivity index (χ0n) is 13.2. The zero-order valence-corrected chi connectivity index (χ0v) is 14.0. The van der Waals surface area contributed by atoms with Crippen molar-refractivity contribution in [2.45, 2.75) is 24.9 Å². The summed E-state index contributed by atoms with van der Waals surface area (Å²) in [4.78, 5) is 17.3. The molecule has 0 unspecified atom stereocenters. The van der Waals surface area contributed by atoms with Gasteiger partial charge in [-0.3, -0.25) is 4.79 Å².